The van der Waals surface area contributed by atoms with Crippen LogP contribution in [0.1, 0.15) is 11.1 Å². The van der Waals surface area contributed by atoms with E-state index in [1.807, 2.05) is 0 Å². The predicted octanol–water partition coefficient (Wildman–Crippen LogP) is 5.06. The Labute approximate surface area is 111 Å². The zero-order valence-electron chi connectivity index (χ0n) is 10.4. The van der Waals surface area contributed by atoms with Gasteiger partial charge in [0.25, 0.3) is 0 Å². The van der Waals surface area contributed by atoms with Gasteiger partial charge in [-0.3, -0.25) is 0 Å². The predicted molar refractivity (Wildman–Crippen MR) is 81.5 cm³/mol. The highest BCUT2D eigenvalue weighted by molar-refractivity contribution is 6.24. The van der Waals surface area contributed by atoms with Gasteiger partial charge in [-0.15, -0.1) is 0 Å². The first-order valence-electron chi connectivity index (χ1n) is 6.64. The quantitative estimate of drug-likeness (QED) is 0.331. The second kappa shape index (κ2) is 3.16. The molecule has 1 radical (unpaired) electrons. The third kappa shape index (κ3) is 1.09. The monoisotopic (exact) mass is 239 g/mol. The molecule has 0 aromatic heterocycles. The Morgan fingerprint density at radius 3 is 1.42 bits per heavy atom. The molecule has 0 saturated heterocycles. The summed E-state index contributed by atoms with van der Waals surface area (Å²) in [6, 6.07) is 22.1. The molecular weight excluding hydrogens is 228 g/mol. The summed E-state index contributed by atoms with van der Waals surface area (Å²) >= 11 is 0. The number of hydrogen-bond donors (Lipinski definition) is 0. The summed E-state index contributed by atoms with van der Waals surface area (Å²) in [5, 5.41) is 8.25. The Kier molecular flexibility index (Phi) is 1.59. The third-order valence-electron chi connectivity index (χ3n) is 4.24. The Morgan fingerprint density at radius 2 is 0.895 bits per heavy atom. The largest absolute Gasteiger partial charge is 0.0613 e. The lowest BCUT2D eigenvalue weighted by Crippen LogP contribution is -1.96. The van der Waals surface area contributed by atoms with Crippen LogP contribution in [-0.4, -0.2) is 0 Å². The van der Waals surface area contributed by atoms with Crippen LogP contribution in [0.2, 0.25) is 0 Å². The molecule has 4 aromatic carbocycles. The van der Waals surface area contributed by atoms with Gasteiger partial charge in [0, 0.05) is 6.42 Å². The zero-order chi connectivity index (χ0) is 12.4. The Balaban J connectivity index is 2.26. The highest BCUT2D eigenvalue weighted by Gasteiger charge is 2.16. The molecule has 0 nitrogen and oxygen atoms in total. The molecule has 87 valence electrons. The molecule has 0 heterocycles. The van der Waals surface area contributed by atoms with Gasteiger partial charge in [0.2, 0.25) is 0 Å². The lowest BCUT2D eigenvalue weighted by atomic mass is 9.84. The van der Waals surface area contributed by atoms with Gasteiger partial charge in [0.05, 0.1) is 0 Å². The standard InChI is InChI=1S/C19H11/c1-3-12-7-9-14-10-8-13-4-2-6-16-11-15(5-1)17(12)19(14)18(13)16/h1-11H. The smallest absolute Gasteiger partial charge is 0.0212 e. The van der Waals surface area contributed by atoms with E-state index in [-0.39, 0.29) is 0 Å². The molecule has 0 aliphatic heterocycles. The average molecular weight is 239 g/mol. The minimum Gasteiger partial charge on any atom is -0.0613 e. The van der Waals surface area contributed by atoms with Crippen molar-refractivity contribution in [2.45, 2.75) is 0 Å². The summed E-state index contributed by atoms with van der Waals surface area (Å²) in [6.45, 7) is 0. The summed E-state index contributed by atoms with van der Waals surface area (Å²) in [4.78, 5) is 0. The van der Waals surface area contributed by atoms with Gasteiger partial charge in [-0.1, -0.05) is 60.7 Å². The zero-order valence-corrected chi connectivity index (χ0v) is 10.4. The molecule has 0 heteroatoms. The van der Waals surface area contributed by atoms with Crippen molar-refractivity contribution < 1.29 is 0 Å². The van der Waals surface area contributed by atoms with Gasteiger partial charge in [-0.05, 0) is 43.4 Å². The maximum Gasteiger partial charge on any atom is 0.0212 e. The molecule has 19 heavy (non-hydrogen) atoms. The van der Waals surface area contributed by atoms with Crippen LogP contribution >= 0.6 is 0 Å². The molecule has 0 fully saturated rings. The van der Waals surface area contributed by atoms with Crippen LogP contribution in [0.25, 0.3) is 32.3 Å². The minimum atomic E-state index is 1.34. The van der Waals surface area contributed by atoms with Crippen LogP contribution in [0.15, 0.2) is 60.7 Å². The van der Waals surface area contributed by atoms with E-state index in [1.165, 1.54) is 43.4 Å². The fraction of sp³-hybridized carbons (Fsp3) is 0. The Bertz CT molecular complexity index is 901. The topological polar surface area (TPSA) is 0 Å². The fourth-order valence-electron chi connectivity index (χ4n) is 3.44. The van der Waals surface area contributed by atoms with Crippen molar-refractivity contribution in [2.24, 2.45) is 0 Å². The maximum atomic E-state index is 2.32. The van der Waals surface area contributed by atoms with Crippen LogP contribution in [-0.2, 0) is 0 Å². The van der Waals surface area contributed by atoms with Crippen molar-refractivity contribution in [1.82, 2.24) is 0 Å². The van der Waals surface area contributed by atoms with E-state index in [4.69, 9.17) is 0 Å². The van der Waals surface area contributed by atoms with E-state index in [1.54, 1.807) is 0 Å². The molecule has 0 N–H and O–H groups in total. The van der Waals surface area contributed by atoms with Crippen LogP contribution in [0, 0.1) is 6.42 Å². The second-order valence-electron chi connectivity index (χ2n) is 5.26. The molecule has 0 spiro atoms. The summed E-state index contributed by atoms with van der Waals surface area (Å²) in [6.07, 6.45) is 2.32. The van der Waals surface area contributed by atoms with E-state index >= 15 is 0 Å². The van der Waals surface area contributed by atoms with Gasteiger partial charge in [0.1, 0.15) is 0 Å². The van der Waals surface area contributed by atoms with Gasteiger partial charge < -0.3 is 0 Å². The highest BCUT2D eigenvalue weighted by Crippen LogP contribution is 2.41. The maximum absolute atomic E-state index is 2.32. The van der Waals surface area contributed by atoms with Crippen LogP contribution < -0.4 is 0 Å². The normalized spacial score (nSPS) is 13.1. The average Bonchev–Trinajstić information content (AvgIpc) is 2.47. The summed E-state index contributed by atoms with van der Waals surface area (Å²) in [7, 11) is 0. The minimum absolute atomic E-state index is 1.34. The molecule has 0 bridgehead atoms. The van der Waals surface area contributed by atoms with Gasteiger partial charge in [-0.2, -0.15) is 0 Å². The summed E-state index contributed by atoms with van der Waals surface area (Å²) in [5.74, 6) is 0. The van der Waals surface area contributed by atoms with Crippen LogP contribution in [0.4, 0.5) is 0 Å². The first kappa shape index (κ1) is 9.57. The molecule has 0 saturated carbocycles. The van der Waals surface area contributed by atoms with Crippen molar-refractivity contribution in [3.05, 3.63) is 78.2 Å². The Hall–Kier alpha value is -2.34. The molecule has 4 aromatic rings. The van der Waals surface area contributed by atoms with E-state index in [2.05, 4.69) is 67.1 Å². The molecule has 5 rings (SSSR count). The lowest BCUT2D eigenvalue weighted by Gasteiger charge is -2.19. The van der Waals surface area contributed by atoms with Gasteiger partial charge >= 0.3 is 0 Å². The van der Waals surface area contributed by atoms with Gasteiger partial charge in [-0.25, -0.2) is 0 Å². The Morgan fingerprint density at radius 1 is 0.421 bits per heavy atom. The van der Waals surface area contributed by atoms with E-state index in [0.717, 1.165) is 0 Å². The fourth-order valence-corrected chi connectivity index (χ4v) is 3.44. The number of hydrogen-bond acceptors (Lipinski definition) is 0. The first-order chi connectivity index (χ1) is 9.42. The number of benzene rings is 4. The van der Waals surface area contributed by atoms with Crippen molar-refractivity contribution in [1.29, 1.82) is 0 Å². The van der Waals surface area contributed by atoms with E-state index < -0.39 is 0 Å². The molecule has 0 amide bonds. The highest BCUT2D eigenvalue weighted by atomic mass is 14.2. The van der Waals surface area contributed by atoms with Gasteiger partial charge in [0.15, 0.2) is 0 Å². The van der Waals surface area contributed by atoms with Crippen molar-refractivity contribution in [3.63, 3.8) is 0 Å². The molecule has 1 aliphatic carbocycles. The second-order valence-corrected chi connectivity index (χ2v) is 5.26. The van der Waals surface area contributed by atoms with E-state index in [9.17, 15) is 0 Å². The van der Waals surface area contributed by atoms with Crippen molar-refractivity contribution in [2.75, 3.05) is 0 Å². The summed E-state index contributed by atoms with van der Waals surface area (Å²) in [5.41, 5.74) is 2.68. The van der Waals surface area contributed by atoms with Crippen LogP contribution in [0.5, 0.6) is 0 Å². The number of rotatable bonds is 0. The SMILES string of the molecule is [CH]1c2cccc3ccc4ccc5cccc1c5c4c23. The molecular formula is C19H11. The molecule has 0 unspecified atom stereocenters. The van der Waals surface area contributed by atoms with Crippen molar-refractivity contribution >= 4 is 32.3 Å². The third-order valence-corrected chi connectivity index (χ3v) is 4.24. The molecule has 0 atom stereocenters. The van der Waals surface area contributed by atoms with Crippen LogP contribution in [0.3, 0.4) is 0 Å². The lowest BCUT2D eigenvalue weighted by molar-refractivity contribution is 1.50. The molecule has 1 aliphatic rings. The first-order valence-corrected chi connectivity index (χ1v) is 6.64. The summed E-state index contributed by atoms with van der Waals surface area (Å²) < 4.78 is 0. The van der Waals surface area contributed by atoms with E-state index in [0.29, 0.717) is 0 Å². The van der Waals surface area contributed by atoms with Crippen molar-refractivity contribution in [3.8, 4) is 0 Å².